The van der Waals surface area contributed by atoms with E-state index in [1.54, 1.807) is 59.7 Å². The van der Waals surface area contributed by atoms with Crippen molar-refractivity contribution in [3.63, 3.8) is 0 Å². The molecule has 12 aromatic rings. The number of rotatable bonds is 23. The van der Waals surface area contributed by atoms with Gasteiger partial charge in [-0.15, -0.1) is 0 Å². The topological polar surface area (TPSA) is 312 Å². The van der Waals surface area contributed by atoms with Gasteiger partial charge in [-0.05, 0) is 194 Å². The van der Waals surface area contributed by atoms with Crippen LogP contribution < -0.4 is 60.6 Å². The van der Waals surface area contributed by atoms with Crippen molar-refractivity contribution in [2.45, 2.75) is 130 Å². The summed E-state index contributed by atoms with van der Waals surface area (Å²) >= 11 is 0. The number of halogens is 12. The Kier molecular flexibility index (Phi) is 35.9. The lowest BCUT2D eigenvalue weighted by Gasteiger charge is -2.31. The molecule has 7 aromatic heterocycles. The number of nitrogens with one attached hydrogen (secondary N) is 4. The predicted molar refractivity (Wildman–Crippen MR) is 542 cm³/mol. The molecule has 5 aromatic carbocycles. The number of carbonyl (C=O) groups excluding carboxylic acids is 4. The maximum Gasteiger partial charge on any atom is 0.416 e. The predicted octanol–water partition coefficient (Wildman–Crippen LogP) is 21.1. The van der Waals surface area contributed by atoms with Crippen LogP contribution in [0.15, 0.2) is 206 Å². The van der Waals surface area contributed by atoms with Crippen LogP contribution in [0.5, 0.6) is 17.6 Å². The number of hydrogen-bond donors (Lipinski definition) is 4. The fourth-order valence-electron chi connectivity index (χ4n) is 17.3. The summed E-state index contributed by atoms with van der Waals surface area (Å²) in [4.78, 5) is 99.7. The van der Waals surface area contributed by atoms with Gasteiger partial charge in [0.1, 0.15) is 35.0 Å². The highest BCUT2D eigenvalue weighted by Crippen LogP contribution is 2.43. The van der Waals surface area contributed by atoms with Crippen LogP contribution in [0.1, 0.15) is 146 Å². The first-order chi connectivity index (χ1) is 71.7. The van der Waals surface area contributed by atoms with E-state index >= 15 is 0 Å². The largest absolute Gasteiger partial charge is 0.473 e. The van der Waals surface area contributed by atoms with Crippen molar-refractivity contribution in [3.05, 3.63) is 279 Å². The first-order valence-corrected chi connectivity index (χ1v) is 48.9. The Morgan fingerprint density at radius 1 is 0.333 bits per heavy atom. The highest BCUT2D eigenvalue weighted by molar-refractivity contribution is 6.07. The zero-order valence-electron chi connectivity index (χ0n) is 83.5. The number of benzene rings is 5. The van der Waals surface area contributed by atoms with E-state index in [1.807, 2.05) is 90.6 Å². The van der Waals surface area contributed by atoms with Crippen LogP contribution in [-0.4, -0.2) is 208 Å². The zero-order chi connectivity index (χ0) is 107. The monoisotopic (exact) mass is 2080 g/mol. The normalized spacial score (nSPS) is 15.5. The summed E-state index contributed by atoms with van der Waals surface area (Å²) in [6.45, 7) is 27.8. The molecule has 4 amide bonds. The van der Waals surface area contributed by atoms with Gasteiger partial charge in [0.2, 0.25) is 17.6 Å². The van der Waals surface area contributed by atoms with Crippen LogP contribution >= 0.6 is 0 Å². The number of alkyl halides is 12. The summed E-state index contributed by atoms with van der Waals surface area (Å²) in [6, 6.07) is 35.5. The van der Waals surface area contributed by atoms with Crippen LogP contribution in [0.2, 0.25) is 0 Å². The molecule has 0 spiro atoms. The summed E-state index contributed by atoms with van der Waals surface area (Å²) in [5.74, 6) is -0.987. The molecule has 6 aliphatic heterocycles. The zero-order valence-corrected chi connectivity index (χ0v) is 83.5. The Labute approximate surface area is 857 Å². The highest BCUT2D eigenvalue weighted by atomic mass is 19.4. The molecule has 0 radical (unpaired) electrons. The molecule has 41 heteroatoms. The second-order valence-electron chi connectivity index (χ2n) is 36.7. The Morgan fingerprint density at radius 2 is 0.620 bits per heavy atom. The first-order valence-electron chi connectivity index (χ1n) is 48.9. The Hall–Kier alpha value is -14.7. The van der Waals surface area contributed by atoms with Crippen molar-refractivity contribution in [2.75, 3.05) is 173 Å². The number of hydrogen-bond acceptors (Lipinski definition) is 24. The van der Waals surface area contributed by atoms with E-state index in [0.29, 0.717) is 200 Å². The molecule has 0 unspecified atom stereocenters. The van der Waals surface area contributed by atoms with E-state index in [-0.39, 0.29) is 52.2 Å². The van der Waals surface area contributed by atoms with Gasteiger partial charge in [0.15, 0.2) is 0 Å². The first kappa shape index (κ1) is 110. The third-order valence-electron chi connectivity index (χ3n) is 25.3. The number of nitrogens with zero attached hydrogens (tertiary/aromatic N) is 11. The molecule has 18 rings (SSSR count). The summed E-state index contributed by atoms with van der Waals surface area (Å²) in [5.41, 5.74) is 9.77. The number of aryl methyl sites for hydroxylation is 4. The van der Waals surface area contributed by atoms with Gasteiger partial charge in [0.05, 0.1) is 143 Å². The van der Waals surface area contributed by atoms with Gasteiger partial charge < -0.3 is 88.1 Å². The third kappa shape index (κ3) is 28.9. The molecule has 0 aliphatic carbocycles. The number of amides is 4. The van der Waals surface area contributed by atoms with E-state index in [0.717, 1.165) is 136 Å². The lowest BCUT2D eigenvalue weighted by atomic mass is 10.0. The molecule has 0 atom stereocenters. The maximum atomic E-state index is 13.2. The Balaban J connectivity index is 0.000000150. The number of pyridine rings is 7. The van der Waals surface area contributed by atoms with Crippen molar-refractivity contribution in [2.24, 2.45) is 0 Å². The SMILES string of the molecule is Cc1ccc(NC(=O)c2cccc(C(F)(F)F)c2)cc1-c1cnc(OC2CCOCC2)c(N2CCOCC2)c1.Cc1ncc(NC(=O)c2cccc(C(F)(F)F)c2)cc1-c1cc(N2CCOCC2)c(=O)n(C(C)C)c1.Cc1ncc(NC(=O)c2cccc(C(F)(F)F)c2)cc1-c1cnc(OC(C)C)c(N2CCOCC2)c1.Cc1ncc(NC(=O)c2cccc(C(F)(F)F)c2)cc1-c1cnc(OC2CCOCC2)c(N2CCOCC2)c1. The molecule has 13 heterocycles. The Bertz CT molecular complexity index is 6610. The molecule has 150 heavy (non-hydrogen) atoms. The van der Waals surface area contributed by atoms with Crippen molar-refractivity contribution < 1.29 is 114 Å². The molecule has 792 valence electrons. The molecule has 0 saturated carbocycles. The minimum absolute atomic E-state index is 0.0229. The van der Waals surface area contributed by atoms with Gasteiger partial charge in [0, 0.05) is 193 Å². The van der Waals surface area contributed by atoms with Crippen LogP contribution in [0, 0.1) is 27.7 Å². The molecular weight excluding hydrogens is 1970 g/mol. The van der Waals surface area contributed by atoms with Gasteiger partial charge >= 0.3 is 24.7 Å². The molecule has 6 aliphatic rings. The van der Waals surface area contributed by atoms with Crippen molar-refractivity contribution in [1.82, 2.24) is 34.5 Å². The van der Waals surface area contributed by atoms with Crippen molar-refractivity contribution in [3.8, 4) is 62.1 Å². The van der Waals surface area contributed by atoms with Gasteiger partial charge in [0.25, 0.3) is 29.2 Å². The maximum absolute atomic E-state index is 13.2. The summed E-state index contributed by atoms with van der Waals surface area (Å²) in [6.07, 6.45) is -3.65. The van der Waals surface area contributed by atoms with Crippen molar-refractivity contribution in [1.29, 1.82) is 0 Å². The van der Waals surface area contributed by atoms with Crippen molar-refractivity contribution >= 4 is 69.1 Å². The number of anilines is 8. The number of morpholine rings is 4. The van der Waals surface area contributed by atoms with Crippen LogP contribution in [0.4, 0.5) is 98.2 Å². The molecule has 29 nitrogen and oxygen atoms in total. The fourth-order valence-corrected chi connectivity index (χ4v) is 17.3. The standard InChI is InChI=1S/C29H30F3N3O4.C28H29F3N4O4.2C26H27F3N4O3/c1-19-5-6-23(34-27(36)20-3-2-4-22(15-20)29(30,31)32)17-25(19)21-16-26(35-9-13-38-14-10-35)28(33-18-21)39-24-7-11-37-12-8-24;1-18-24(15-22(17-32-18)34-26(36)19-3-2-4-21(13-19)28(29,30)31)20-14-25(35-7-11-38-12-8-35)27(33-16-20)39-23-5-9-37-10-6-23;1-16(2)33-15-19(12-23(25(33)35)32-7-9-36-10-8-32)22-13-21(14-30-17(22)3)31-24(34)18-5-4-6-20(11-18)26(27,28)29;1-16(2)36-25-23(33-7-9-35-10-8-33)12-19(14-31-25)22-13-21(15-30-17(22)3)32-24(34)18-5-4-6-20(11-18)26(27,28)29/h2-6,15-18,24H,7-14H2,1H3,(H,34,36);2-4,13-17,23H,5-12H2,1H3,(H,34,36);4-6,11-16H,7-10H2,1-3H3,(H,31,34);4-6,11-16H,7-10H2,1-3H3,(H,32,34). The van der Waals surface area contributed by atoms with E-state index in [1.165, 1.54) is 67.1 Å². The number of ether oxygens (including phenoxy) is 9. The fraction of sp³-hybridized carbons (Fsp3) is 0.367. The van der Waals surface area contributed by atoms with Gasteiger partial charge in [-0.1, -0.05) is 30.3 Å². The van der Waals surface area contributed by atoms with Crippen LogP contribution in [-0.2, 0) is 53.1 Å². The molecule has 0 bridgehead atoms. The quantitative estimate of drug-likeness (QED) is 0.0432. The van der Waals surface area contributed by atoms with Crippen LogP contribution in [0.3, 0.4) is 0 Å². The molecule has 4 N–H and O–H groups in total. The smallest absolute Gasteiger partial charge is 0.416 e. The summed E-state index contributed by atoms with van der Waals surface area (Å²) in [7, 11) is 0. The van der Waals surface area contributed by atoms with E-state index in [4.69, 9.17) is 47.6 Å². The summed E-state index contributed by atoms with van der Waals surface area (Å²) < 4.78 is 210. The average Bonchev–Trinajstić information content (AvgIpc) is 0.791. The highest BCUT2D eigenvalue weighted by Gasteiger charge is 2.37. The minimum Gasteiger partial charge on any atom is -0.473 e. The molecule has 6 fully saturated rings. The van der Waals surface area contributed by atoms with E-state index in [9.17, 15) is 76.7 Å². The average molecular weight is 2090 g/mol. The van der Waals surface area contributed by atoms with Crippen LogP contribution in [0.25, 0.3) is 44.5 Å². The third-order valence-corrected chi connectivity index (χ3v) is 25.3. The lowest BCUT2D eigenvalue weighted by Crippen LogP contribution is -2.40. The van der Waals surface area contributed by atoms with E-state index in [2.05, 4.69) is 60.9 Å². The van der Waals surface area contributed by atoms with Gasteiger partial charge in [-0.3, -0.25) is 38.9 Å². The van der Waals surface area contributed by atoms with Gasteiger partial charge in [-0.2, -0.15) is 52.7 Å². The summed E-state index contributed by atoms with van der Waals surface area (Å²) in [5, 5.41) is 10.7. The van der Waals surface area contributed by atoms with E-state index < -0.39 is 70.6 Å². The minimum atomic E-state index is -4.55. The molecular formula is C109H113F12N15O14. The number of aromatic nitrogens is 7. The second kappa shape index (κ2) is 49.2. The second-order valence-corrected chi connectivity index (χ2v) is 36.7. The molecule has 6 saturated heterocycles. The lowest BCUT2D eigenvalue weighted by molar-refractivity contribution is -0.138. The van der Waals surface area contributed by atoms with Gasteiger partial charge in [-0.25, -0.2) is 15.0 Å². The Morgan fingerprint density at radius 3 is 0.947 bits per heavy atom. The number of carbonyl (C=O) groups is 4.